The summed E-state index contributed by atoms with van der Waals surface area (Å²) >= 11 is 0. The minimum absolute atomic E-state index is 0.0534. The number of imide groups is 1. The summed E-state index contributed by atoms with van der Waals surface area (Å²) < 4.78 is 0. The largest absolute Gasteiger partial charge is 0.356 e. The fraction of sp³-hybridized carbons (Fsp3) is 0.783. The van der Waals surface area contributed by atoms with Gasteiger partial charge in [0.05, 0.1) is 11.8 Å². The van der Waals surface area contributed by atoms with E-state index in [-0.39, 0.29) is 40.9 Å². The minimum Gasteiger partial charge on any atom is -0.356 e. The van der Waals surface area contributed by atoms with E-state index in [1.165, 1.54) is 30.6 Å². The SMILES string of the molecule is CN=C(NCCCN1C(=O)C2C3C=CC(C3)C2C1=O)NCC(C)(C)C1CCCC1. The van der Waals surface area contributed by atoms with Crippen molar-refractivity contribution in [1.82, 2.24) is 15.5 Å². The third-order valence-corrected chi connectivity index (χ3v) is 7.81. The highest BCUT2D eigenvalue weighted by Crippen LogP contribution is 2.52. The van der Waals surface area contributed by atoms with Gasteiger partial charge in [0.25, 0.3) is 0 Å². The lowest BCUT2D eigenvalue weighted by Crippen LogP contribution is -2.44. The highest BCUT2D eigenvalue weighted by Gasteiger charge is 2.58. The molecule has 3 fully saturated rings. The number of nitrogens with zero attached hydrogens (tertiary/aromatic N) is 2. The standard InChI is InChI=1S/C23H36N4O2/c1-23(2,17-7-4-5-8-17)14-26-22(24-3)25-11-6-12-27-20(28)18-15-9-10-16(13-15)19(18)21(27)29/h9-10,15-19H,4-8,11-14H2,1-3H3,(H2,24,25,26). The average molecular weight is 401 g/mol. The van der Waals surface area contributed by atoms with E-state index in [2.05, 4.69) is 41.6 Å². The zero-order valence-corrected chi connectivity index (χ0v) is 18.1. The van der Waals surface area contributed by atoms with Gasteiger partial charge in [0.15, 0.2) is 5.96 Å². The highest BCUT2D eigenvalue weighted by atomic mass is 16.2. The summed E-state index contributed by atoms with van der Waals surface area (Å²) in [6, 6.07) is 0. The van der Waals surface area contributed by atoms with Crippen LogP contribution in [0.25, 0.3) is 0 Å². The molecule has 1 aliphatic heterocycles. The van der Waals surface area contributed by atoms with E-state index in [0.29, 0.717) is 13.1 Å². The number of carbonyl (C=O) groups is 2. The van der Waals surface area contributed by atoms with Crippen molar-refractivity contribution in [3.05, 3.63) is 12.2 Å². The molecule has 0 aromatic rings. The quantitative estimate of drug-likeness (QED) is 0.226. The predicted octanol–water partition coefficient (Wildman–Crippen LogP) is 2.56. The monoisotopic (exact) mass is 400 g/mol. The molecule has 6 heteroatoms. The van der Waals surface area contributed by atoms with Gasteiger partial charge in [-0.05, 0) is 48.9 Å². The average Bonchev–Trinajstić information content (AvgIpc) is 3.48. The topological polar surface area (TPSA) is 73.8 Å². The van der Waals surface area contributed by atoms with E-state index in [1.54, 1.807) is 7.05 Å². The molecular formula is C23H36N4O2. The molecule has 6 nitrogen and oxygen atoms in total. The summed E-state index contributed by atoms with van der Waals surface area (Å²) in [5.41, 5.74) is 0.258. The van der Waals surface area contributed by atoms with E-state index in [4.69, 9.17) is 0 Å². The van der Waals surface area contributed by atoms with Crippen LogP contribution >= 0.6 is 0 Å². The summed E-state index contributed by atoms with van der Waals surface area (Å²) in [6.45, 7) is 6.78. The zero-order chi connectivity index (χ0) is 20.6. The maximum atomic E-state index is 12.7. The number of amides is 2. The number of carbonyl (C=O) groups excluding carboxylic acids is 2. The minimum atomic E-state index is -0.0855. The second-order valence-corrected chi connectivity index (χ2v) is 10.0. The Morgan fingerprint density at radius 3 is 2.31 bits per heavy atom. The molecule has 1 heterocycles. The van der Waals surface area contributed by atoms with E-state index < -0.39 is 0 Å². The van der Waals surface area contributed by atoms with Crippen molar-refractivity contribution >= 4 is 17.8 Å². The van der Waals surface area contributed by atoms with Gasteiger partial charge in [-0.3, -0.25) is 19.5 Å². The Balaban J connectivity index is 1.20. The van der Waals surface area contributed by atoms with Crippen LogP contribution in [0.4, 0.5) is 0 Å². The normalized spacial score (nSPS) is 31.8. The summed E-state index contributed by atoms with van der Waals surface area (Å²) in [4.78, 5) is 31.3. The van der Waals surface area contributed by atoms with Gasteiger partial charge >= 0.3 is 0 Å². The fourth-order valence-corrected chi connectivity index (χ4v) is 6.01. The van der Waals surface area contributed by atoms with Crippen molar-refractivity contribution < 1.29 is 9.59 Å². The van der Waals surface area contributed by atoms with Crippen molar-refractivity contribution in [3.63, 3.8) is 0 Å². The molecule has 0 spiro atoms. The van der Waals surface area contributed by atoms with Crippen LogP contribution in [0.2, 0.25) is 0 Å². The molecule has 3 aliphatic carbocycles. The maximum absolute atomic E-state index is 12.7. The Morgan fingerprint density at radius 1 is 1.10 bits per heavy atom. The van der Waals surface area contributed by atoms with Crippen LogP contribution in [0, 0.1) is 35.0 Å². The van der Waals surface area contributed by atoms with Gasteiger partial charge in [-0.2, -0.15) is 0 Å². The molecule has 4 unspecified atom stereocenters. The number of nitrogens with one attached hydrogen (secondary N) is 2. The molecule has 2 N–H and O–H groups in total. The van der Waals surface area contributed by atoms with E-state index >= 15 is 0 Å². The van der Waals surface area contributed by atoms with E-state index in [1.807, 2.05) is 0 Å². The van der Waals surface area contributed by atoms with Crippen molar-refractivity contribution in [2.45, 2.75) is 52.4 Å². The molecule has 4 rings (SSSR count). The second kappa shape index (κ2) is 8.11. The van der Waals surface area contributed by atoms with E-state index in [0.717, 1.165) is 31.3 Å². The summed E-state index contributed by atoms with van der Waals surface area (Å²) in [5, 5.41) is 6.81. The maximum Gasteiger partial charge on any atom is 0.233 e. The molecule has 0 aromatic carbocycles. The van der Waals surface area contributed by atoms with Gasteiger partial charge in [0.1, 0.15) is 0 Å². The molecule has 2 bridgehead atoms. The summed E-state index contributed by atoms with van der Waals surface area (Å²) in [5.74, 6) is 2.09. The molecule has 0 aromatic heterocycles. The number of allylic oxidation sites excluding steroid dienone is 2. The lowest BCUT2D eigenvalue weighted by molar-refractivity contribution is -0.140. The molecule has 2 amide bonds. The molecule has 4 atom stereocenters. The third-order valence-electron chi connectivity index (χ3n) is 7.81. The number of fused-ring (bicyclic) bond motifs is 5. The van der Waals surface area contributed by atoms with Gasteiger partial charge in [0.2, 0.25) is 11.8 Å². The first kappa shape index (κ1) is 20.4. The first-order valence-corrected chi connectivity index (χ1v) is 11.4. The van der Waals surface area contributed by atoms with Crippen molar-refractivity contribution in [1.29, 1.82) is 0 Å². The van der Waals surface area contributed by atoms with Crippen LogP contribution in [0.3, 0.4) is 0 Å². The number of aliphatic imine (C=N–C) groups is 1. The molecule has 160 valence electrons. The summed E-state index contributed by atoms with van der Waals surface area (Å²) in [7, 11) is 1.79. The van der Waals surface area contributed by atoms with Crippen LogP contribution in [-0.2, 0) is 9.59 Å². The number of guanidine groups is 1. The Morgan fingerprint density at radius 2 is 1.72 bits per heavy atom. The van der Waals surface area contributed by atoms with Crippen LogP contribution in [-0.4, -0.2) is 49.4 Å². The molecule has 1 saturated heterocycles. The van der Waals surface area contributed by atoms with Crippen LogP contribution in [0.5, 0.6) is 0 Å². The Kier molecular flexibility index (Phi) is 5.71. The van der Waals surface area contributed by atoms with E-state index in [9.17, 15) is 9.59 Å². The summed E-state index contributed by atoms with van der Waals surface area (Å²) in [6.07, 6.45) is 11.4. The van der Waals surface area contributed by atoms with Crippen LogP contribution in [0.15, 0.2) is 17.1 Å². The Bertz CT molecular complexity index is 678. The van der Waals surface area contributed by atoms with Crippen molar-refractivity contribution in [2.24, 2.45) is 40.0 Å². The zero-order valence-electron chi connectivity index (χ0n) is 18.1. The lowest BCUT2D eigenvalue weighted by Gasteiger charge is -2.32. The second-order valence-electron chi connectivity index (χ2n) is 10.0. The van der Waals surface area contributed by atoms with Gasteiger partial charge in [-0.15, -0.1) is 0 Å². The van der Waals surface area contributed by atoms with Gasteiger partial charge in [-0.25, -0.2) is 0 Å². The van der Waals surface area contributed by atoms with Gasteiger partial charge in [0, 0.05) is 26.7 Å². The smallest absolute Gasteiger partial charge is 0.233 e. The fourth-order valence-electron chi connectivity index (χ4n) is 6.01. The lowest BCUT2D eigenvalue weighted by atomic mass is 9.78. The number of likely N-dealkylation sites (tertiary alicyclic amines) is 1. The third kappa shape index (κ3) is 3.82. The highest BCUT2D eigenvalue weighted by molar-refractivity contribution is 6.06. The molecule has 4 aliphatic rings. The van der Waals surface area contributed by atoms with Crippen molar-refractivity contribution in [3.8, 4) is 0 Å². The molecule has 2 saturated carbocycles. The first-order valence-electron chi connectivity index (χ1n) is 11.4. The molecule has 0 radical (unpaired) electrons. The molecular weight excluding hydrogens is 364 g/mol. The van der Waals surface area contributed by atoms with Gasteiger partial charge < -0.3 is 10.6 Å². The number of hydrogen-bond donors (Lipinski definition) is 2. The van der Waals surface area contributed by atoms with Gasteiger partial charge in [-0.1, -0.05) is 38.8 Å². The predicted molar refractivity (Wildman–Crippen MR) is 114 cm³/mol. The van der Waals surface area contributed by atoms with Crippen LogP contribution in [0.1, 0.15) is 52.4 Å². The number of rotatable bonds is 7. The first-order chi connectivity index (χ1) is 13.9. The van der Waals surface area contributed by atoms with Crippen LogP contribution < -0.4 is 10.6 Å². The Labute approximate surface area is 174 Å². The molecule has 29 heavy (non-hydrogen) atoms. The van der Waals surface area contributed by atoms with Crippen molar-refractivity contribution in [2.75, 3.05) is 26.7 Å². The Hall–Kier alpha value is -1.85. The number of hydrogen-bond acceptors (Lipinski definition) is 3.